The molecule has 1 aromatic carbocycles. The summed E-state index contributed by atoms with van der Waals surface area (Å²) < 4.78 is 0. The third-order valence-corrected chi connectivity index (χ3v) is 4.36. The first-order valence-corrected chi connectivity index (χ1v) is 7.65. The Morgan fingerprint density at radius 3 is 2.70 bits per heavy atom. The molecule has 106 valence electrons. The summed E-state index contributed by atoms with van der Waals surface area (Å²) in [4.78, 5) is 13.1. The molecule has 6 heteroatoms. The number of nitrogens with one attached hydrogen (secondary N) is 1. The minimum absolute atomic E-state index is 0.185. The molecule has 1 heterocycles. The zero-order valence-corrected chi connectivity index (χ0v) is 13.4. The highest BCUT2D eigenvalue weighted by molar-refractivity contribution is 7.16. The highest BCUT2D eigenvalue weighted by atomic mass is 35.5. The van der Waals surface area contributed by atoms with E-state index in [2.05, 4.69) is 5.32 Å². The summed E-state index contributed by atoms with van der Waals surface area (Å²) in [5, 5.41) is 4.33. The van der Waals surface area contributed by atoms with Gasteiger partial charge in [-0.2, -0.15) is 0 Å². The van der Waals surface area contributed by atoms with Crippen molar-refractivity contribution in [2.45, 2.75) is 13.8 Å². The van der Waals surface area contributed by atoms with Crippen LogP contribution in [0.3, 0.4) is 0 Å². The van der Waals surface area contributed by atoms with Gasteiger partial charge >= 0.3 is 0 Å². The number of hydrogen-bond donors (Lipinski definition) is 2. The van der Waals surface area contributed by atoms with Gasteiger partial charge in [-0.25, -0.2) is 0 Å². The molecule has 0 saturated carbocycles. The molecule has 0 spiro atoms. The number of hydrogen-bond acceptors (Lipinski definition) is 3. The maximum atomic E-state index is 12.2. The van der Waals surface area contributed by atoms with Crippen molar-refractivity contribution >= 4 is 45.4 Å². The standard InChI is InChI=1S/C14H14Cl2N2OS/c1-3-18-14(19)12-11(7(2)20-13(12)17)9-5-4-8(15)6-10(9)16/h4-6H,3,17H2,1-2H3,(H,18,19). The lowest BCUT2D eigenvalue weighted by Crippen LogP contribution is -2.23. The molecule has 0 atom stereocenters. The number of anilines is 1. The van der Waals surface area contributed by atoms with Crippen molar-refractivity contribution in [3.63, 3.8) is 0 Å². The van der Waals surface area contributed by atoms with E-state index >= 15 is 0 Å². The maximum absolute atomic E-state index is 12.2. The Labute approximate surface area is 131 Å². The first-order valence-electron chi connectivity index (χ1n) is 6.08. The van der Waals surface area contributed by atoms with Crippen LogP contribution in [0.25, 0.3) is 11.1 Å². The number of amides is 1. The van der Waals surface area contributed by atoms with Crippen LogP contribution in [0.15, 0.2) is 18.2 Å². The molecule has 2 rings (SSSR count). The largest absolute Gasteiger partial charge is 0.390 e. The van der Waals surface area contributed by atoms with E-state index in [1.165, 1.54) is 11.3 Å². The van der Waals surface area contributed by atoms with Crippen LogP contribution in [0.1, 0.15) is 22.2 Å². The van der Waals surface area contributed by atoms with E-state index in [-0.39, 0.29) is 5.91 Å². The van der Waals surface area contributed by atoms with E-state index < -0.39 is 0 Å². The van der Waals surface area contributed by atoms with Crippen LogP contribution in [-0.2, 0) is 0 Å². The summed E-state index contributed by atoms with van der Waals surface area (Å²) in [7, 11) is 0. The van der Waals surface area contributed by atoms with Crippen LogP contribution in [0.2, 0.25) is 10.0 Å². The van der Waals surface area contributed by atoms with Gasteiger partial charge in [0.05, 0.1) is 10.6 Å². The van der Waals surface area contributed by atoms with Gasteiger partial charge in [0.1, 0.15) is 0 Å². The molecule has 0 bridgehead atoms. The van der Waals surface area contributed by atoms with Crippen molar-refractivity contribution in [1.82, 2.24) is 5.32 Å². The molecule has 3 N–H and O–H groups in total. The van der Waals surface area contributed by atoms with Gasteiger partial charge in [-0.05, 0) is 26.0 Å². The Hall–Kier alpha value is -1.23. The first kappa shape index (κ1) is 15.2. The number of thiophene rings is 1. The molecule has 0 unspecified atom stereocenters. The normalized spacial score (nSPS) is 10.6. The predicted molar refractivity (Wildman–Crippen MR) is 86.9 cm³/mol. The third-order valence-electron chi connectivity index (χ3n) is 2.88. The second-order valence-electron chi connectivity index (χ2n) is 4.26. The van der Waals surface area contributed by atoms with E-state index in [1.54, 1.807) is 12.1 Å². The van der Waals surface area contributed by atoms with Crippen molar-refractivity contribution in [3.8, 4) is 11.1 Å². The summed E-state index contributed by atoms with van der Waals surface area (Å²) in [5.74, 6) is -0.185. The zero-order valence-electron chi connectivity index (χ0n) is 11.1. The third kappa shape index (κ3) is 2.77. The van der Waals surface area contributed by atoms with Gasteiger partial charge in [-0.3, -0.25) is 4.79 Å². The highest BCUT2D eigenvalue weighted by Crippen LogP contribution is 2.41. The molecule has 2 aromatic rings. The van der Waals surface area contributed by atoms with Gasteiger partial charge in [0.25, 0.3) is 5.91 Å². The van der Waals surface area contributed by atoms with Gasteiger partial charge in [0.15, 0.2) is 0 Å². The van der Waals surface area contributed by atoms with Gasteiger partial charge < -0.3 is 11.1 Å². The van der Waals surface area contributed by atoms with Crippen molar-refractivity contribution in [3.05, 3.63) is 38.7 Å². The molecule has 3 nitrogen and oxygen atoms in total. The summed E-state index contributed by atoms with van der Waals surface area (Å²) in [5.41, 5.74) is 8.01. The SMILES string of the molecule is CCNC(=O)c1c(N)sc(C)c1-c1ccc(Cl)cc1Cl. The van der Waals surface area contributed by atoms with Crippen molar-refractivity contribution in [2.24, 2.45) is 0 Å². The minimum Gasteiger partial charge on any atom is -0.390 e. The Bertz CT molecular complexity index is 667. The van der Waals surface area contributed by atoms with Gasteiger partial charge in [0.2, 0.25) is 0 Å². The van der Waals surface area contributed by atoms with Crippen molar-refractivity contribution in [2.75, 3.05) is 12.3 Å². The van der Waals surface area contributed by atoms with E-state index in [1.807, 2.05) is 19.9 Å². The fourth-order valence-electron chi connectivity index (χ4n) is 2.06. The van der Waals surface area contributed by atoms with Gasteiger partial charge in [-0.15, -0.1) is 11.3 Å². The number of carbonyl (C=O) groups excluding carboxylic acids is 1. The average Bonchev–Trinajstić information content (AvgIpc) is 2.64. The van der Waals surface area contributed by atoms with Crippen molar-refractivity contribution in [1.29, 1.82) is 0 Å². The lowest BCUT2D eigenvalue weighted by atomic mass is 10.0. The molecule has 1 amide bonds. The number of nitrogen functional groups attached to an aromatic ring is 1. The van der Waals surface area contributed by atoms with Gasteiger partial charge in [-0.1, -0.05) is 29.3 Å². The quantitative estimate of drug-likeness (QED) is 0.879. The number of aryl methyl sites for hydroxylation is 1. The number of halogens is 2. The number of nitrogens with two attached hydrogens (primary N) is 1. The van der Waals surface area contributed by atoms with Crippen LogP contribution >= 0.6 is 34.5 Å². The molecule has 0 fully saturated rings. The summed E-state index contributed by atoms with van der Waals surface area (Å²) in [6.07, 6.45) is 0. The molecule has 20 heavy (non-hydrogen) atoms. The van der Waals surface area contributed by atoms with Crippen LogP contribution in [0.5, 0.6) is 0 Å². The van der Waals surface area contributed by atoms with E-state index in [0.29, 0.717) is 27.2 Å². The predicted octanol–water partition coefficient (Wildman–Crippen LogP) is 4.36. The second kappa shape index (κ2) is 6.04. The number of rotatable bonds is 3. The van der Waals surface area contributed by atoms with Crippen molar-refractivity contribution < 1.29 is 4.79 Å². The van der Waals surface area contributed by atoms with E-state index in [9.17, 15) is 4.79 Å². The number of carbonyl (C=O) groups is 1. The minimum atomic E-state index is -0.185. The smallest absolute Gasteiger partial charge is 0.254 e. The van der Waals surface area contributed by atoms with Crippen LogP contribution in [0.4, 0.5) is 5.00 Å². The molecular weight excluding hydrogens is 315 g/mol. The Kier molecular flexibility index (Phi) is 4.58. The average molecular weight is 329 g/mol. The molecule has 1 aromatic heterocycles. The lowest BCUT2D eigenvalue weighted by Gasteiger charge is -2.09. The second-order valence-corrected chi connectivity index (χ2v) is 6.36. The first-order chi connectivity index (χ1) is 9.45. The van der Waals surface area contributed by atoms with Gasteiger partial charge in [0, 0.05) is 32.6 Å². The molecule has 0 aliphatic rings. The number of benzene rings is 1. The molecule has 0 aliphatic heterocycles. The zero-order chi connectivity index (χ0) is 14.9. The highest BCUT2D eigenvalue weighted by Gasteiger charge is 2.22. The summed E-state index contributed by atoms with van der Waals surface area (Å²) >= 11 is 13.5. The maximum Gasteiger partial charge on any atom is 0.254 e. The molecule has 0 aliphatic carbocycles. The molecular formula is C14H14Cl2N2OS. The summed E-state index contributed by atoms with van der Waals surface area (Å²) in [6, 6.07) is 5.21. The lowest BCUT2D eigenvalue weighted by molar-refractivity contribution is 0.0957. The van der Waals surface area contributed by atoms with E-state index in [0.717, 1.165) is 16.0 Å². The summed E-state index contributed by atoms with van der Waals surface area (Å²) in [6.45, 7) is 4.33. The van der Waals surface area contributed by atoms with E-state index in [4.69, 9.17) is 28.9 Å². The molecule has 0 saturated heterocycles. The molecule has 0 radical (unpaired) electrons. The van der Waals surface area contributed by atoms with Crippen LogP contribution in [0, 0.1) is 6.92 Å². The Morgan fingerprint density at radius 2 is 2.10 bits per heavy atom. The Morgan fingerprint density at radius 1 is 1.40 bits per heavy atom. The van der Waals surface area contributed by atoms with Crippen LogP contribution < -0.4 is 11.1 Å². The Balaban J connectivity index is 2.64. The monoisotopic (exact) mass is 328 g/mol. The topological polar surface area (TPSA) is 55.1 Å². The van der Waals surface area contributed by atoms with Crippen LogP contribution in [-0.4, -0.2) is 12.5 Å². The fourth-order valence-corrected chi connectivity index (χ4v) is 3.50. The fraction of sp³-hybridized carbons (Fsp3) is 0.214.